The molecule has 0 radical (unpaired) electrons. The van der Waals surface area contributed by atoms with Crippen molar-refractivity contribution in [3.05, 3.63) is 47.8 Å². The SMILES string of the molecule is C[C@H](c1ccc(F)cc1)N(C)c1ccc2nnnn2n1. The second-order valence-electron chi connectivity index (χ2n) is 4.56. The van der Waals surface area contributed by atoms with E-state index in [0.29, 0.717) is 5.65 Å². The predicted octanol–water partition coefficient (Wildman–Crippen LogP) is 1.86. The second-order valence-corrected chi connectivity index (χ2v) is 4.56. The van der Waals surface area contributed by atoms with Crippen LogP contribution in [0.25, 0.3) is 5.65 Å². The normalized spacial score (nSPS) is 12.6. The average molecular weight is 272 g/mol. The maximum atomic E-state index is 13.0. The van der Waals surface area contributed by atoms with Crippen molar-refractivity contribution in [1.82, 2.24) is 25.3 Å². The number of halogens is 1. The van der Waals surface area contributed by atoms with E-state index in [-0.39, 0.29) is 11.9 Å². The molecule has 20 heavy (non-hydrogen) atoms. The Morgan fingerprint density at radius 3 is 2.65 bits per heavy atom. The van der Waals surface area contributed by atoms with Crippen molar-refractivity contribution in [3.63, 3.8) is 0 Å². The number of rotatable bonds is 3. The summed E-state index contributed by atoms with van der Waals surface area (Å²) in [6.07, 6.45) is 0. The van der Waals surface area contributed by atoms with E-state index in [9.17, 15) is 4.39 Å². The van der Waals surface area contributed by atoms with E-state index in [4.69, 9.17) is 0 Å². The third-order valence-electron chi connectivity index (χ3n) is 3.35. The smallest absolute Gasteiger partial charge is 0.200 e. The van der Waals surface area contributed by atoms with Crippen LogP contribution in [0, 0.1) is 5.82 Å². The molecule has 3 rings (SSSR count). The van der Waals surface area contributed by atoms with E-state index in [2.05, 4.69) is 20.6 Å². The molecular formula is C13H13FN6. The van der Waals surface area contributed by atoms with Crippen molar-refractivity contribution < 1.29 is 4.39 Å². The molecule has 0 amide bonds. The molecule has 0 saturated heterocycles. The van der Waals surface area contributed by atoms with Gasteiger partial charge in [-0.3, -0.25) is 0 Å². The van der Waals surface area contributed by atoms with Crippen LogP contribution in [-0.4, -0.2) is 32.3 Å². The van der Waals surface area contributed by atoms with Gasteiger partial charge in [0.1, 0.15) is 5.82 Å². The topological polar surface area (TPSA) is 59.2 Å². The van der Waals surface area contributed by atoms with Crippen molar-refractivity contribution in [3.8, 4) is 0 Å². The number of anilines is 1. The van der Waals surface area contributed by atoms with Gasteiger partial charge in [0, 0.05) is 7.05 Å². The molecule has 102 valence electrons. The van der Waals surface area contributed by atoms with Crippen molar-refractivity contribution in [1.29, 1.82) is 0 Å². The predicted molar refractivity (Wildman–Crippen MR) is 71.8 cm³/mol. The van der Waals surface area contributed by atoms with E-state index >= 15 is 0 Å². The number of fused-ring (bicyclic) bond motifs is 1. The first kappa shape index (κ1) is 12.5. The quantitative estimate of drug-likeness (QED) is 0.728. The van der Waals surface area contributed by atoms with E-state index in [1.807, 2.05) is 24.9 Å². The van der Waals surface area contributed by atoms with Gasteiger partial charge in [0.25, 0.3) is 0 Å². The van der Waals surface area contributed by atoms with Gasteiger partial charge >= 0.3 is 0 Å². The third kappa shape index (κ3) is 2.18. The Balaban J connectivity index is 1.90. The molecule has 0 fully saturated rings. The number of hydrogen-bond acceptors (Lipinski definition) is 5. The summed E-state index contributed by atoms with van der Waals surface area (Å²) in [7, 11) is 1.92. The van der Waals surface area contributed by atoms with Crippen LogP contribution in [-0.2, 0) is 0 Å². The zero-order valence-corrected chi connectivity index (χ0v) is 11.1. The fourth-order valence-corrected chi connectivity index (χ4v) is 1.99. The van der Waals surface area contributed by atoms with Crippen molar-refractivity contribution in [2.75, 3.05) is 11.9 Å². The number of benzene rings is 1. The molecule has 0 saturated carbocycles. The molecule has 1 aromatic carbocycles. The molecule has 7 heteroatoms. The van der Waals surface area contributed by atoms with Crippen LogP contribution in [0.15, 0.2) is 36.4 Å². The van der Waals surface area contributed by atoms with Gasteiger partial charge in [-0.1, -0.05) is 12.1 Å². The minimum atomic E-state index is -0.239. The Morgan fingerprint density at radius 1 is 1.15 bits per heavy atom. The monoisotopic (exact) mass is 272 g/mol. The van der Waals surface area contributed by atoms with Crippen LogP contribution in [0.5, 0.6) is 0 Å². The fourth-order valence-electron chi connectivity index (χ4n) is 1.99. The van der Waals surface area contributed by atoms with Gasteiger partial charge < -0.3 is 4.90 Å². The average Bonchev–Trinajstić information content (AvgIpc) is 2.94. The molecule has 0 spiro atoms. The van der Waals surface area contributed by atoms with Crippen LogP contribution in [0.2, 0.25) is 0 Å². The maximum Gasteiger partial charge on any atom is 0.200 e. The molecule has 0 bridgehead atoms. The Morgan fingerprint density at radius 2 is 1.90 bits per heavy atom. The van der Waals surface area contributed by atoms with Gasteiger partial charge in [-0.2, -0.15) is 0 Å². The highest BCUT2D eigenvalue weighted by Gasteiger charge is 2.14. The van der Waals surface area contributed by atoms with Crippen molar-refractivity contribution in [2.45, 2.75) is 13.0 Å². The van der Waals surface area contributed by atoms with E-state index in [1.54, 1.807) is 18.2 Å². The van der Waals surface area contributed by atoms with Gasteiger partial charge in [-0.15, -0.1) is 14.8 Å². The first-order chi connectivity index (χ1) is 9.65. The Labute approximate surface area is 114 Å². The highest BCUT2D eigenvalue weighted by atomic mass is 19.1. The van der Waals surface area contributed by atoms with Gasteiger partial charge in [0.15, 0.2) is 11.5 Å². The standard InChI is InChI=1S/C13H13FN6/c1-9(10-3-5-11(14)6-4-10)19(2)13-8-7-12-15-17-18-20(12)16-13/h3-9H,1-2H3/t9-/m1/s1. The van der Waals surface area contributed by atoms with Crippen LogP contribution in [0.1, 0.15) is 18.5 Å². The zero-order valence-electron chi connectivity index (χ0n) is 11.1. The molecule has 0 aliphatic rings. The summed E-state index contributed by atoms with van der Waals surface area (Å²) in [6.45, 7) is 2.03. The zero-order chi connectivity index (χ0) is 14.1. The summed E-state index contributed by atoms with van der Waals surface area (Å²) in [6, 6.07) is 10.2. The van der Waals surface area contributed by atoms with E-state index in [0.717, 1.165) is 11.4 Å². The van der Waals surface area contributed by atoms with Gasteiger partial charge in [-0.05, 0) is 47.2 Å². The minimum absolute atomic E-state index is 0.0528. The maximum absolute atomic E-state index is 13.0. The first-order valence-corrected chi connectivity index (χ1v) is 6.19. The lowest BCUT2D eigenvalue weighted by atomic mass is 10.1. The van der Waals surface area contributed by atoms with Gasteiger partial charge in [-0.25, -0.2) is 4.39 Å². The summed E-state index contributed by atoms with van der Waals surface area (Å²) in [4.78, 5) is 1.98. The highest BCUT2D eigenvalue weighted by molar-refractivity contribution is 5.45. The lowest BCUT2D eigenvalue weighted by Crippen LogP contribution is -2.23. The molecule has 0 aliphatic heterocycles. The van der Waals surface area contributed by atoms with Crippen molar-refractivity contribution in [2.24, 2.45) is 0 Å². The highest BCUT2D eigenvalue weighted by Crippen LogP contribution is 2.23. The molecule has 0 aliphatic carbocycles. The molecular weight excluding hydrogens is 259 g/mol. The number of nitrogens with zero attached hydrogens (tertiary/aromatic N) is 6. The number of aromatic nitrogens is 5. The van der Waals surface area contributed by atoms with Crippen molar-refractivity contribution >= 4 is 11.5 Å². The lowest BCUT2D eigenvalue weighted by Gasteiger charge is -2.25. The third-order valence-corrected chi connectivity index (χ3v) is 3.35. The van der Waals surface area contributed by atoms with Crippen LogP contribution < -0.4 is 4.90 Å². The lowest BCUT2D eigenvalue weighted by molar-refractivity contribution is 0.624. The molecule has 3 aromatic rings. The first-order valence-electron chi connectivity index (χ1n) is 6.19. The molecule has 0 unspecified atom stereocenters. The minimum Gasteiger partial charge on any atom is -0.351 e. The Bertz CT molecular complexity index is 723. The summed E-state index contributed by atoms with van der Waals surface area (Å²) in [5.41, 5.74) is 1.60. The van der Waals surface area contributed by atoms with E-state index in [1.165, 1.54) is 16.8 Å². The fraction of sp³-hybridized carbons (Fsp3) is 0.231. The Hall–Kier alpha value is -2.57. The van der Waals surface area contributed by atoms with Crippen LogP contribution in [0.4, 0.5) is 10.2 Å². The summed E-state index contributed by atoms with van der Waals surface area (Å²) < 4.78 is 14.3. The molecule has 6 nitrogen and oxygen atoms in total. The van der Waals surface area contributed by atoms with Crippen LogP contribution >= 0.6 is 0 Å². The Kier molecular flexibility index (Phi) is 3.02. The van der Waals surface area contributed by atoms with E-state index < -0.39 is 0 Å². The number of hydrogen-bond donors (Lipinski definition) is 0. The number of tetrazole rings is 1. The molecule has 2 aromatic heterocycles. The summed E-state index contributed by atoms with van der Waals surface area (Å²) in [5, 5.41) is 15.5. The van der Waals surface area contributed by atoms with Crippen LogP contribution in [0.3, 0.4) is 0 Å². The molecule has 0 N–H and O–H groups in total. The molecule has 2 heterocycles. The van der Waals surface area contributed by atoms with Gasteiger partial charge in [0.2, 0.25) is 0 Å². The molecule has 1 atom stereocenters. The largest absolute Gasteiger partial charge is 0.351 e. The second kappa shape index (κ2) is 4.84. The van der Waals surface area contributed by atoms with Gasteiger partial charge in [0.05, 0.1) is 6.04 Å². The summed E-state index contributed by atoms with van der Waals surface area (Å²) in [5.74, 6) is 0.499. The summed E-state index contributed by atoms with van der Waals surface area (Å²) >= 11 is 0.